The molecule has 1 aromatic heterocycles. The smallest absolute Gasteiger partial charge is 0.242 e. The van der Waals surface area contributed by atoms with Crippen LogP contribution in [0.3, 0.4) is 0 Å². The van der Waals surface area contributed by atoms with Crippen molar-refractivity contribution >= 4 is 51.1 Å². The standard InChI is InChI=1S/C14H16I2N2O2/c15-11-6-17(7-12(16)14(11)20)8-13(19)18(10-3-4-10)5-9-1-2-9/h6-7,9-10H,1-5,8H2. The van der Waals surface area contributed by atoms with Gasteiger partial charge in [-0.2, -0.15) is 0 Å². The highest BCUT2D eigenvalue weighted by molar-refractivity contribution is 14.1. The van der Waals surface area contributed by atoms with Crippen LogP contribution in [0.4, 0.5) is 0 Å². The summed E-state index contributed by atoms with van der Waals surface area (Å²) in [7, 11) is 0. The van der Waals surface area contributed by atoms with Crippen molar-refractivity contribution in [1.29, 1.82) is 0 Å². The van der Waals surface area contributed by atoms with Gasteiger partial charge in [-0.1, -0.05) is 0 Å². The lowest BCUT2D eigenvalue weighted by atomic mass is 10.3. The first-order chi connectivity index (χ1) is 9.54. The summed E-state index contributed by atoms with van der Waals surface area (Å²) in [4.78, 5) is 26.2. The van der Waals surface area contributed by atoms with Crippen LogP contribution in [0, 0.1) is 13.1 Å². The predicted octanol–water partition coefficient (Wildman–Crippen LogP) is 2.46. The average Bonchev–Trinajstić information content (AvgIpc) is 3.25. The van der Waals surface area contributed by atoms with E-state index in [0.717, 1.165) is 25.3 Å². The first kappa shape index (κ1) is 14.8. The zero-order chi connectivity index (χ0) is 14.3. The lowest BCUT2D eigenvalue weighted by Gasteiger charge is -2.23. The summed E-state index contributed by atoms with van der Waals surface area (Å²) in [5.41, 5.74) is 0.0481. The van der Waals surface area contributed by atoms with Crippen molar-refractivity contribution in [2.45, 2.75) is 38.3 Å². The summed E-state index contributed by atoms with van der Waals surface area (Å²) in [6.07, 6.45) is 8.38. The van der Waals surface area contributed by atoms with Crippen molar-refractivity contribution in [3.05, 3.63) is 29.8 Å². The maximum absolute atomic E-state index is 12.5. The lowest BCUT2D eigenvalue weighted by Crippen LogP contribution is -2.37. The van der Waals surface area contributed by atoms with E-state index in [-0.39, 0.29) is 11.3 Å². The Bertz CT molecular complexity index is 565. The minimum atomic E-state index is 0.0481. The van der Waals surface area contributed by atoms with E-state index < -0.39 is 0 Å². The number of carbonyl (C=O) groups excluding carboxylic acids is 1. The predicted molar refractivity (Wildman–Crippen MR) is 93.6 cm³/mol. The van der Waals surface area contributed by atoms with Gasteiger partial charge in [-0.15, -0.1) is 0 Å². The molecule has 0 aliphatic heterocycles. The van der Waals surface area contributed by atoms with Gasteiger partial charge in [0.25, 0.3) is 0 Å². The molecule has 6 heteroatoms. The Balaban J connectivity index is 1.72. The monoisotopic (exact) mass is 498 g/mol. The molecule has 2 aliphatic rings. The van der Waals surface area contributed by atoms with Crippen molar-refractivity contribution in [1.82, 2.24) is 9.47 Å². The summed E-state index contributed by atoms with van der Waals surface area (Å²) >= 11 is 4.06. The molecular formula is C14H16I2N2O2. The summed E-state index contributed by atoms with van der Waals surface area (Å²) in [5.74, 6) is 0.920. The fourth-order valence-electron chi connectivity index (χ4n) is 2.32. The van der Waals surface area contributed by atoms with Crippen LogP contribution < -0.4 is 5.43 Å². The van der Waals surface area contributed by atoms with Gasteiger partial charge in [-0.3, -0.25) is 9.59 Å². The van der Waals surface area contributed by atoms with Gasteiger partial charge in [0.15, 0.2) is 0 Å². The number of amides is 1. The van der Waals surface area contributed by atoms with Crippen LogP contribution in [-0.4, -0.2) is 28.0 Å². The highest BCUT2D eigenvalue weighted by atomic mass is 127. The SMILES string of the molecule is O=C(Cn1cc(I)c(=O)c(I)c1)N(CC1CC1)C1CC1. The fourth-order valence-corrected chi connectivity index (χ4v) is 4.13. The molecule has 0 aromatic carbocycles. The van der Waals surface area contributed by atoms with Gasteiger partial charge in [-0.25, -0.2) is 0 Å². The molecule has 1 aromatic rings. The van der Waals surface area contributed by atoms with Gasteiger partial charge in [0.1, 0.15) is 6.54 Å². The highest BCUT2D eigenvalue weighted by Gasteiger charge is 2.36. The number of carbonyl (C=O) groups is 1. The minimum absolute atomic E-state index is 0.0481. The van der Waals surface area contributed by atoms with Gasteiger partial charge in [0.2, 0.25) is 11.3 Å². The highest BCUT2D eigenvalue weighted by Crippen LogP contribution is 2.34. The molecule has 20 heavy (non-hydrogen) atoms. The molecular weight excluding hydrogens is 482 g/mol. The van der Waals surface area contributed by atoms with Gasteiger partial charge in [-0.05, 0) is 76.8 Å². The Morgan fingerprint density at radius 3 is 2.30 bits per heavy atom. The molecule has 2 saturated carbocycles. The van der Waals surface area contributed by atoms with Crippen LogP contribution in [-0.2, 0) is 11.3 Å². The van der Waals surface area contributed by atoms with E-state index in [0.29, 0.717) is 19.7 Å². The van der Waals surface area contributed by atoms with Crippen LogP contribution in [0.15, 0.2) is 17.2 Å². The van der Waals surface area contributed by atoms with Crippen LogP contribution in [0.5, 0.6) is 0 Å². The maximum Gasteiger partial charge on any atom is 0.242 e. The number of halogens is 2. The second-order valence-electron chi connectivity index (χ2n) is 5.68. The Morgan fingerprint density at radius 2 is 1.80 bits per heavy atom. The number of rotatable bonds is 5. The number of nitrogens with zero attached hydrogens (tertiary/aromatic N) is 2. The summed E-state index contributed by atoms with van der Waals surface area (Å²) in [6, 6.07) is 0.473. The Labute approximate surface area is 145 Å². The number of hydrogen-bond donors (Lipinski definition) is 0. The molecule has 1 heterocycles. The third-order valence-corrected chi connectivity index (χ3v) is 5.31. The number of pyridine rings is 1. The third kappa shape index (κ3) is 3.55. The van der Waals surface area contributed by atoms with Crippen molar-refractivity contribution in [3.63, 3.8) is 0 Å². The van der Waals surface area contributed by atoms with Gasteiger partial charge in [0, 0.05) is 25.0 Å². The van der Waals surface area contributed by atoms with Crippen LogP contribution in [0.25, 0.3) is 0 Å². The molecule has 0 N–H and O–H groups in total. The summed E-state index contributed by atoms with van der Waals surface area (Å²) in [6.45, 7) is 1.27. The van der Waals surface area contributed by atoms with Crippen molar-refractivity contribution in [2.24, 2.45) is 5.92 Å². The molecule has 108 valence electrons. The lowest BCUT2D eigenvalue weighted by molar-refractivity contribution is -0.132. The Hall–Kier alpha value is -0.120. The quantitative estimate of drug-likeness (QED) is 0.586. The fraction of sp³-hybridized carbons (Fsp3) is 0.571. The van der Waals surface area contributed by atoms with Crippen LogP contribution in [0.1, 0.15) is 25.7 Å². The van der Waals surface area contributed by atoms with Crippen molar-refractivity contribution < 1.29 is 4.79 Å². The number of hydrogen-bond acceptors (Lipinski definition) is 2. The molecule has 0 unspecified atom stereocenters. The van der Waals surface area contributed by atoms with Crippen molar-refractivity contribution in [2.75, 3.05) is 6.54 Å². The molecule has 2 fully saturated rings. The van der Waals surface area contributed by atoms with E-state index >= 15 is 0 Å². The first-order valence-electron chi connectivity index (χ1n) is 6.89. The normalized spacial score (nSPS) is 18.1. The van der Waals surface area contributed by atoms with Gasteiger partial charge < -0.3 is 9.47 Å². The van der Waals surface area contributed by atoms with E-state index in [4.69, 9.17) is 0 Å². The molecule has 0 bridgehead atoms. The molecule has 3 rings (SSSR count). The molecule has 4 nitrogen and oxygen atoms in total. The van der Waals surface area contributed by atoms with Crippen LogP contribution in [0.2, 0.25) is 0 Å². The molecule has 0 radical (unpaired) electrons. The Kier molecular flexibility index (Phi) is 4.40. The maximum atomic E-state index is 12.5. The topological polar surface area (TPSA) is 42.3 Å². The van der Waals surface area contributed by atoms with Gasteiger partial charge in [0.05, 0.1) is 7.14 Å². The molecule has 1 amide bonds. The molecule has 0 atom stereocenters. The minimum Gasteiger partial charge on any atom is -0.343 e. The number of aromatic nitrogens is 1. The second kappa shape index (κ2) is 5.94. The molecule has 2 aliphatic carbocycles. The van der Waals surface area contributed by atoms with E-state index in [1.165, 1.54) is 12.8 Å². The summed E-state index contributed by atoms with van der Waals surface area (Å²) in [5, 5.41) is 0. The third-order valence-electron chi connectivity index (χ3n) is 3.77. The average molecular weight is 498 g/mol. The largest absolute Gasteiger partial charge is 0.343 e. The molecule has 0 saturated heterocycles. The summed E-state index contributed by atoms with van der Waals surface area (Å²) < 4.78 is 3.18. The van der Waals surface area contributed by atoms with E-state index in [1.54, 1.807) is 12.4 Å². The second-order valence-corrected chi connectivity index (χ2v) is 8.00. The van der Waals surface area contributed by atoms with E-state index in [9.17, 15) is 9.59 Å². The van der Waals surface area contributed by atoms with E-state index in [1.807, 2.05) is 49.7 Å². The molecule has 0 spiro atoms. The van der Waals surface area contributed by atoms with Crippen molar-refractivity contribution in [3.8, 4) is 0 Å². The van der Waals surface area contributed by atoms with Crippen LogP contribution >= 0.6 is 45.2 Å². The first-order valence-corrected chi connectivity index (χ1v) is 9.05. The zero-order valence-electron chi connectivity index (χ0n) is 11.0. The van der Waals surface area contributed by atoms with E-state index in [2.05, 4.69) is 4.90 Å². The van der Waals surface area contributed by atoms with Gasteiger partial charge >= 0.3 is 0 Å². The zero-order valence-corrected chi connectivity index (χ0v) is 15.3. The Morgan fingerprint density at radius 1 is 1.20 bits per heavy atom.